The number of alkyl carbamates (subject to hydrolysis) is 1. The lowest BCUT2D eigenvalue weighted by atomic mass is 10.2. The molecule has 0 fully saturated rings. The molecule has 0 aromatic carbocycles. The summed E-state index contributed by atoms with van der Waals surface area (Å²) in [6.07, 6.45) is 3.80. The van der Waals surface area contributed by atoms with Gasteiger partial charge in [0.1, 0.15) is 6.61 Å². The van der Waals surface area contributed by atoms with Gasteiger partial charge in [0, 0.05) is 52.4 Å². The predicted molar refractivity (Wildman–Crippen MR) is 112 cm³/mol. The molecule has 1 aliphatic heterocycles. The Morgan fingerprint density at radius 1 is 0.903 bits per heavy atom. The van der Waals surface area contributed by atoms with Crippen LogP contribution in [0.15, 0.2) is 12.2 Å². The van der Waals surface area contributed by atoms with Crippen LogP contribution >= 0.6 is 0 Å². The number of amides is 4. The van der Waals surface area contributed by atoms with Crippen molar-refractivity contribution in [3.8, 4) is 0 Å². The van der Waals surface area contributed by atoms with Gasteiger partial charge in [-0.25, -0.2) is 4.79 Å². The van der Waals surface area contributed by atoms with Gasteiger partial charge in [0.05, 0.1) is 26.4 Å². The molecule has 11 nitrogen and oxygen atoms in total. The first kappa shape index (κ1) is 28.5. The first-order chi connectivity index (χ1) is 15.0. The standard InChI is InChI=1S/C11H16N2O3.C9H19NO5/c1-2-7-12-9(14)4-3-8-13-10(15)5-6-11(13)16;1-12-5-7-14-4-3-10-9(11)15-8-6-13-2/h5-6H,2-4,7-8H2,1H3,(H,12,14);3-8H2,1-2H3,(H,10,11). The quantitative estimate of drug-likeness (QED) is 0.271. The normalized spacial score (nSPS) is 12.4. The van der Waals surface area contributed by atoms with Crippen LogP contribution in [-0.2, 0) is 33.3 Å². The van der Waals surface area contributed by atoms with Crippen LogP contribution in [0.25, 0.3) is 0 Å². The number of carbonyl (C=O) groups excluding carboxylic acids is 4. The molecule has 1 rings (SSSR count). The van der Waals surface area contributed by atoms with Gasteiger partial charge in [-0.3, -0.25) is 19.3 Å². The molecular weight excluding hydrogens is 410 g/mol. The maximum absolute atomic E-state index is 11.2. The van der Waals surface area contributed by atoms with Crippen molar-refractivity contribution in [2.24, 2.45) is 0 Å². The minimum atomic E-state index is -0.456. The number of hydrogen-bond donors (Lipinski definition) is 2. The van der Waals surface area contributed by atoms with E-state index in [0.717, 1.165) is 11.3 Å². The van der Waals surface area contributed by atoms with Gasteiger partial charge in [0.25, 0.3) is 11.8 Å². The van der Waals surface area contributed by atoms with Crippen LogP contribution in [-0.4, -0.2) is 95.6 Å². The van der Waals surface area contributed by atoms with Gasteiger partial charge in [-0.05, 0) is 12.8 Å². The lowest BCUT2D eigenvalue weighted by Crippen LogP contribution is -2.32. The number of nitrogens with zero attached hydrogens (tertiary/aromatic N) is 1. The van der Waals surface area contributed by atoms with Crippen LogP contribution in [0.2, 0.25) is 0 Å². The van der Waals surface area contributed by atoms with Gasteiger partial charge in [0.15, 0.2) is 0 Å². The lowest BCUT2D eigenvalue weighted by Gasteiger charge is -2.12. The summed E-state index contributed by atoms with van der Waals surface area (Å²) >= 11 is 0. The zero-order chi connectivity index (χ0) is 23.3. The Labute approximate surface area is 183 Å². The summed E-state index contributed by atoms with van der Waals surface area (Å²) in [6.45, 7) is 5.57. The Kier molecular flexibility index (Phi) is 17.9. The maximum atomic E-state index is 11.2. The Morgan fingerprint density at radius 2 is 1.55 bits per heavy atom. The fourth-order valence-corrected chi connectivity index (χ4v) is 2.14. The fraction of sp³-hybridized carbons (Fsp3) is 0.700. The van der Waals surface area contributed by atoms with Crippen LogP contribution in [0, 0.1) is 0 Å². The van der Waals surface area contributed by atoms with Gasteiger partial charge in [-0.15, -0.1) is 0 Å². The number of rotatable bonds is 15. The second-order valence-corrected chi connectivity index (χ2v) is 6.28. The molecule has 0 saturated heterocycles. The molecule has 0 radical (unpaired) electrons. The summed E-state index contributed by atoms with van der Waals surface area (Å²) in [7, 11) is 3.15. The first-order valence-corrected chi connectivity index (χ1v) is 10.2. The monoisotopic (exact) mass is 445 g/mol. The highest BCUT2D eigenvalue weighted by Gasteiger charge is 2.22. The van der Waals surface area contributed by atoms with E-state index in [1.807, 2.05) is 6.92 Å². The van der Waals surface area contributed by atoms with Gasteiger partial charge in [0.2, 0.25) is 5.91 Å². The molecule has 0 aromatic heterocycles. The van der Waals surface area contributed by atoms with E-state index >= 15 is 0 Å². The molecule has 1 heterocycles. The van der Waals surface area contributed by atoms with Gasteiger partial charge in [-0.1, -0.05) is 6.92 Å². The molecule has 0 spiro atoms. The van der Waals surface area contributed by atoms with E-state index in [2.05, 4.69) is 10.6 Å². The third kappa shape index (κ3) is 15.9. The van der Waals surface area contributed by atoms with Crippen molar-refractivity contribution < 1.29 is 38.1 Å². The molecule has 0 aliphatic carbocycles. The van der Waals surface area contributed by atoms with Gasteiger partial charge in [-0.2, -0.15) is 0 Å². The predicted octanol–water partition coefficient (Wildman–Crippen LogP) is 0.240. The molecule has 0 atom stereocenters. The molecule has 178 valence electrons. The summed E-state index contributed by atoms with van der Waals surface area (Å²) in [4.78, 5) is 45.6. The molecule has 0 bridgehead atoms. The number of imide groups is 1. The third-order valence-corrected chi connectivity index (χ3v) is 3.73. The Bertz CT molecular complexity index is 551. The Morgan fingerprint density at radius 3 is 2.16 bits per heavy atom. The average Bonchev–Trinajstić information content (AvgIpc) is 3.07. The summed E-state index contributed by atoms with van der Waals surface area (Å²) < 4.78 is 19.4. The highest BCUT2D eigenvalue weighted by Crippen LogP contribution is 2.05. The second-order valence-electron chi connectivity index (χ2n) is 6.28. The minimum absolute atomic E-state index is 0.0334. The van der Waals surface area contributed by atoms with Crippen molar-refractivity contribution in [3.63, 3.8) is 0 Å². The van der Waals surface area contributed by atoms with Crippen LogP contribution in [0.5, 0.6) is 0 Å². The second kappa shape index (κ2) is 19.5. The zero-order valence-corrected chi connectivity index (χ0v) is 18.6. The smallest absolute Gasteiger partial charge is 0.407 e. The van der Waals surface area contributed by atoms with Crippen LogP contribution < -0.4 is 10.6 Å². The topological polar surface area (TPSA) is 133 Å². The van der Waals surface area contributed by atoms with E-state index in [1.165, 1.54) is 12.2 Å². The van der Waals surface area contributed by atoms with Gasteiger partial charge >= 0.3 is 6.09 Å². The number of nitrogens with one attached hydrogen (secondary N) is 2. The van der Waals surface area contributed by atoms with E-state index in [1.54, 1.807) is 14.2 Å². The summed E-state index contributed by atoms with van der Waals surface area (Å²) in [5.41, 5.74) is 0. The van der Waals surface area contributed by atoms with E-state index in [9.17, 15) is 19.2 Å². The van der Waals surface area contributed by atoms with Gasteiger partial charge < -0.3 is 29.6 Å². The van der Waals surface area contributed by atoms with Crippen molar-refractivity contribution in [1.29, 1.82) is 0 Å². The largest absolute Gasteiger partial charge is 0.447 e. The molecule has 1 aliphatic rings. The Hall–Kier alpha value is -2.50. The van der Waals surface area contributed by atoms with Crippen molar-refractivity contribution in [1.82, 2.24) is 15.5 Å². The molecule has 11 heteroatoms. The Balaban J connectivity index is 0.000000582. The molecule has 4 amide bonds. The highest BCUT2D eigenvalue weighted by molar-refractivity contribution is 6.12. The summed E-state index contributed by atoms with van der Waals surface area (Å²) in [6, 6.07) is 0. The van der Waals surface area contributed by atoms with Crippen molar-refractivity contribution in [2.45, 2.75) is 26.2 Å². The highest BCUT2D eigenvalue weighted by atomic mass is 16.6. The molecule has 31 heavy (non-hydrogen) atoms. The molecule has 0 aromatic rings. The lowest BCUT2D eigenvalue weighted by molar-refractivity contribution is -0.137. The summed E-state index contributed by atoms with van der Waals surface area (Å²) in [5, 5.41) is 5.27. The van der Waals surface area contributed by atoms with E-state index in [-0.39, 0.29) is 24.3 Å². The third-order valence-electron chi connectivity index (χ3n) is 3.73. The molecular formula is C20H35N3O8. The SMILES string of the molecule is CCCNC(=O)CCCN1C(=O)C=CC1=O.COCCOCCNC(=O)OCCOC. The summed E-state index contributed by atoms with van der Waals surface area (Å²) in [5.74, 6) is -0.619. The van der Waals surface area contributed by atoms with E-state index in [4.69, 9.17) is 18.9 Å². The van der Waals surface area contributed by atoms with Crippen LogP contribution in [0.3, 0.4) is 0 Å². The maximum Gasteiger partial charge on any atom is 0.407 e. The first-order valence-electron chi connectivity index (χ1n) is 10.2. The number of hydrogen-bond acceptors (Lipinski definition) is 8. The van der Waals surface area contributed by atoms with Crippen molar-refractivity contribution in [2.75, 3.05) is 66.9 Å². The van der Waals surface area contributed by atoms with Crippen LogP contribution in [0.1, 0.15) is 26.2 Å². The number of ether oxygens (including phenoxy) is 4. The molecule has 0 unspecified atom stereocenters. The van der Waals surface area contributed by atoms with E-state index < -0.39 is 6.09 Å². The average molecular weight is 446 g/mol. The van der Waals surface area contributed by atoms with E-state index in [0.29, 0.717) is 58.9 Å². The zero-order valence-electron chi connectivity index (χ0n) is 18.6. The molecule has 2 N–H and O–H groups in total. The number of methoxy groups -OCH3 is 2. The van der Waals surface area contributed by atoms with Crippen molar-refractivity contribution >= 4 is 23.8 Å². The van der Waals surface area contributed by atoms with Crippen molar-refractivity contribution in [3.05, 3.63) is 12.2 Å². The molecule has 0 saturated carbocycles. The minimum Gasteiger partial charge on any atom is -0.447 e. The van der Waals surface area contributed by atoms with Crippen LogP contribution in [0.4, 0.5) is 4.79 Å². The number of carbonyl (C=O) groups is 4. The fourth-order valence-electron chi connectivity index (χ4n) is 2.14.